The van der Waals surface area contributed by atoms with E-state index in [1.165, 1.54) is 14.2 Å². The van der Waals surface area contributed by atoms with Crippen molar-refractivity contribution in [2.75, 3.05) is 69.6 Å². The van der Waals surface area contributed by atoms with Crippen LogP contribution in [0.1, 0.15) is 12.8 Å². The van der Waals surface area contributed by atoms with Crippen LogP contribution in [0.4, 0.5) is 0 Å². The number of methoxy groups -OCH3 is 2. The third-order valence-corrected chi connectivity index (χ3v) is 3.12. The van der Waals surface area contributed by atoms with E-state index in [0.717, 1.165) is 22.1 Å². The molecule has 0 unspecified atom stereocenters. The highest BCUT2D eigenvalue weighted by atomic mass is 32.3. The summed E-state index contributed by atoms with van der Waals surface area (Å²) < 4.78 is 42.3. The second-order valence-electron chi connectivity index (χ2n) is 8.17. The zero-order valence-electron chi connectivity index (χ0n) is 18.9. The van der Waals surface area contributed by atoms with Crippen LogP contribution in [0.2, 0.25) is 0 Å². The molecular formula is C18H38N2O8S+2. The Bertz CT molecular complexity index is 594. The van der Waals surface area contributed by atoms with E-state index in [1.54, 1.807) is 0 Å². The van der Waals surface area contributed by atoms with Crippen LogP contribution < -0.4 is 0 Å². The number of nitrogens with zero attached hydrogens (tertiary/aromatic N) is 2. The maximum Gasteiger partial charge on any atom is 0.394 e. The molecule has 172 valence electrons. The molecule has 0 atom stereocenters. The molecule has 0 aromatic heterocycles. The van der Waals surface area contributed by atoms with Gasteiger partial charge in [-0.1, -0.05) is 13.2 Å². The molecule has 0 fully saturated rings. The van der Waals surface area contributed by atoms with Gasteiger partial charge in [0.1, 0.15) is 0 Å². The quantitative estimate of drug-likeness (QED) is 0.246. The van der Waals surface area contributed by atoms with E-state index in [9.17, 15) is 9.59 Å². The largest absolute Gasteiger partial charge is 0.466 e. The normalized spacial score (nSPS) is 11.1. The van der Waals surface area contributed by atoms with Crippen molar-refractivity contribution in [3.63, 3.8) is 0 Å². The maximum atomic E-state index is 10.9. The molecule has 0 aliphatic heterocycles. The molecule has 2 N–H and O–H groups in total. The van der Waals surface area contributed by atoms with Crippen LogP contribution in [0.15, 0.2) is 24.3 Å². The summed E-state index contributed by atoms with van der Waals surface area (Å²) in [6, 6.07) is 0. The van der Waals surface area contributed by atoms with E-state index in [0.29, 0.717) is 24.0 Å². The van der Waals surface area contributed by atoms with Gasteiger partial charge < -0.3 is 18.4 Å². The molecule has 0 saturated carbocycles. The molecule has 0 heterocycles. The van der Waals surface area contributed by atoms with Crippen LogP contribution >= 0.6 is 0 Å². The van der Waals surface area contributed by atoms with Gasteiger partial charge in [-0.05, 0) is 0 Å². The van der Waals surface area contributed by atoms with Gasteiger partial charge in [-0.2, -0.15) is 8.42 Å². The number of esters is 2. The van der Waals surface area contributed by atoms with Gasteiger partial charge in [-0.15, -0.1) is 0 Å². The SMILES string of the molecule is C=C(CC[N+](C)(C)C)C(=O)OC.C=C(CC[N+](C)(C)C)C(=O)OC.O=S(=O)(O)O. The molecule has 0 aromatic rings. The van der Waals surface area contributed by atoms with Gasteiger partial charge >= 0.3 is 22.3 Å². The number of hydrogen-bond donors (Lipinski definition) is 2. The Morgan fingerprint density at radius 3 is 1.10 bits per heavy atom. The molecule has 0 rings (SSSR count). The van der Waals surface area contributed by atoms with Crippen molar-refractivity contribution in [3.8, 4) is 0 Å². The minimum Gasteiger partial charge on any atom is -0.466 e. The van der Waals surface area contributed by atoms with Crippen LogP contribution in [-0.4, -0.2) is 108 Å². The van der Waals surface area contributed by atoms with Crippen LogP contribution in [0.25, 0.3) is 0 Å². The van der Waals surface area contributed by atoms with Crippen molar-refractivity contribution < 1.29 is 45.6 Å². The first-order chi connectivity index (χ1) is 12.7. The van der Waals surface area contributed by atoms with Gasteiger partial charge in [0.25, 0.3) is 0 Å². The van der Waals surface area contributed by atoms with Gasteiger partial charge in [0.05, 0.1) is 69.6 Å². The van der Waals surface area contributed by atoms with E-state index in [1.807, 2.05) is 0 Å². The first-order valence-electron chi connectivity index (χ1n) is 8.56. The molecule has 0 spiro atoms. The number of hydrogen-bond acceptors (Lipinski definition) is 6. The van der Waals surface area contributed by atoms with E-state index < -0.39 is 10.4 Å². The summed E-state index contributed by atoms with van der Waals surface area (Å²) in [6.07, 6.45) is 1.38. The first-order valence-corrected chi connectivity index (χ1v) is 9.96. The maximum absolute atomic E-state index is 10.9. The van der Waals surface area contributed by atoms with E-state index in [4.69, 9.17) is 17.5 Å². The average Bonchev–Trinajstić information content (AvgIpc) is 2.53. The lowest BCUT2D eigenvalue weighted by atomic mass is 10.2. The molecule has 0 saturated heterocycles. The summed E-state index contributed by atoms with van der Waals surface area (Å²) in [7, 11) is 10.5. The van der Waals surface area contributed by atoms with E-state index >= 15 is 0 Å². The Labute approximate surface area is 175 Å². The molecule has 0 aromatic carbocycles. The summed E-state index contributed by atoms with van der Waals surface area (Å²) in [5.41, 5.74) is 1.09. The zero-order chi connectivity index (χ0) is 24.1. The summed E-state index contributed by atoms with van der Waals surface area (Å²) in [6.45, 7) is 9.08. The third kappa shape index (κ3) is 31.1. The van der Waals surface area contributed by atoms with Gasteiger partial charge in [0.15, 0.2) is 0 Å². The zero-order valence-corrected chi connectivity index (χ0v) is 19.7. The highest BCUT2D eigenvalue weighted by Gasteiger charge is 2.13. The number of carbonyl (C=O) groups is 2. The van der Waals surface area contributed by atoms with Crippen molar-refractivity contribution in [1.82, 2.24) is 0 Å². The Morgan fingerprint density at radius 1 is 0.759 bits per heavy atom. The molecular weight excluding hydrogens is 404 g/mol. The predicted octanol–water partition coefficient (Wildman–Crippen LogP) is 0.971. The topological polar surface area (TPSA) is 127 Å². The fourth-order valence-corrected chi connectivity index (χ4v) is 1.43. The van der Waals surface area contributed by atoms with E-state index in [2.05, 4.69) is 64.9 Å². The van der Waals surface area contributed by atoms with Crippen molar-refractivity contribution in [3.05, 3.63) is 24.3 Å². The van der Waals surface area contributed by atoms with Gasteiger partial charge in [-0.3, -0.25) is 9.11 Å². The standard InChI is InChI=1S/2C9H18NO2.H2O4S/c2*1-8(9(11)12-5)6-7-10(2,3)4;1-5(2,3)4/h2*1,6-7H2,2-5H3;(H2,1,2,3,4)/q2*+1;. The highest BCUT2D eigenvalue weighted by Crippen LogP contribution is 2.04. The molecule has 0 aliphatic carbocycles. The Kier molecular flexibility index (Phi) is 15.7. The fraction of sp³-hybridized carbons (Fsp3) is 0.667. The Hall–Kier alpha value is -1.79. The first kappa shape index (κ1) is 31.9. The predicted molar refractivity (Wildman–Crippen MR) is 112 cm³/mol. The smallest absolute Gasteiger partial charge is 0.394 e. The van der Waals surface area contributed by atoms with Gasteiger partial charge in [-0.25, -0.2) is 9.59 Å². The second kappa shape index (κ2) is 14.2. The molecule has 0 aliphatic rings. The summed E-state index contributed by atoms with van der Waals surface area (Å²) in [4.78, 5) is 21.8. The van der Waals surface area contributed by atoms with Crippen LogP contribution in [0, 0.1) is 0 Å². The lowest BCUT2D eigenvalue weighted by Crippen LogP contribution is -2.35. The molecule has 11 heteroatoms. The van der Waals surface area contributed by atoms with Crippen molar-refractivity contribution in [1.29, 1.82) is 0 Å². The number of rotatable bonds is 8. The summed E-state index contributed by atoms with van der Waals surface area (Å²) >= 11 is 0. The Balaban J connectivity index is -0.000000380. The monoisotopic (exact) mass is 442 g/mol. The van der Waals surface area contributed by atoms with Crippen molar-refractivity contribution in [2.45, 2.75) is 12.8 Å². The van der Waals surface area contributed by atoms with Gasteiger partial charge in [0, 0.05) is 24.0 Å². The summed E-state index contributed by atoms with van der Waals surface area (Å²) in [5.74, 6) is -0.605. The van der Waals surface area contributed by atoms with Crippen molar-refractivity contribution >= 4 is 22.3 Å². The minimum atomic E-state index is -4.67. The van der Waals surface area contributed by atoms with Crippen LogP contribution in [0.5, 0.6) is 0 Å². The number of carbonyl (C=O) groups excluding carboxylic acids is 2. The van der Waals surface area contributed by atoms with Crippen LogP contribution in [0.3, 0.4) is 0 Å². The molecule has 0 amide bonds. The third-order valence-electron chi connectivity index (χ3n) is 3.12. The number of quaternary nitrogens is 2. The number of ether oxygens (including phenoxy) is 2. The molecule has 10 nitrogen and oxygen atoms in total. The second-order valence-corrected chi connectivity index (χ2v) is 9.06. The van der Waals surface area contributed by atoms with Gasteiger partial charge in [0.2, 0.25) is 0 Å². The summed E-state index contributed by atoms with van der Waals surface area (Å²) in [5, 5.41) is 0. The lowest BCUT2D eigenvalue weighted by molar-refractivity contribution is -0.870. The highest BCUT2D eigenvalue weighted by molar-refractivity contribution is 7.79. The Morgan fingerprint density at radius 2 is 0.966 bits per heavy atom. The molecule has 0 bridgehead atoms. The average molecular weight is 443 g/mol. The molecule has 0 radical (unpaired) electrons. The van der Waals surface area contributed by atoms with E-state index in [-0.39, 0.29) is 11.9 Å². The van der Waals surface area contributed by atoms with Crippen LogP contribution in [-0.2, 0) is 29.5 Å². The minimum absolute atomic E-state index is 0.302. The molecule has 29 heavy (non-hydrogen) atoms. The fourth-order valence-electron chi connectivity index (χ4n) is 1.43. The van der Waals surface area contributed by atoms with Crippen molar-refractivity contribution in [2.24, 2.45) is 0 Å². The lowest BCUT2D eigenvalue weighted by Gasteiger charge is -2.23.